The van der Waals surface area contributed by atoms with E-state index in [0.29, 0.717) is 23.3 Å². The Morgan fingerprint density at radius 3 is 2.63 bits per heavy atom. The van der Waals surface area contributed by atoms with Gasteiger partial charge >= 0.3 is 5.97 Å². The van der Waals surface area contributed by atoms with E-state index in [2.05, 4.69) is 5.32 Å². The molecule has 5 N–H and O–H groups in total. The van der Waals surface area contributed by atoms with E-state index in [1.165, 1.54) is 7.11 Å². The Hall–Kier alpha value is -1.75. The van der Waals surface area contributed by atoms with Crippen molar-refractivity contribution in [3.63, 3.8) is 0 Å². The fourth-order valence-corrected chi connectivity index (χ4v) is 2.46. The van der Waals surface area contributed by atoms with Gasteiger partial charge in [0, 0.05) is 12.1 Å². The SMILES string of the molecule is COC(=O)c1cccc(N[C@H]2CC[C@@H](N)CC2)c1N. The molecule has 0 amide bonds. The van der Waals surface area contributed by atoms with Crippen LogP contribution in [0.15, 0.2) is 18.2 Å². The van der Waals surface area contributed by atoms with E-state index in [9.17, 15) is 4.79 Å². The summed E-state index contributed by atoms with van der Waals surface area (Å²) < 4.78 is 4.71. The molecule has 0 spiro atoms. The summed E-state index contributed by atoms with van der Waals surface area (Å²) in [7, 11) is 1.35. The van der Waals surface area contributed by atoms with E-state index < -0.39 is 5.97 Å². The number of para-hydroxylation sites is 1. The first kappa shape index (κ1) is 13.7. The van der Waals surface area contributed by atoms with E-state index in [0.717, 1.165) is 31.4 Å². The van der Waals surface area contributed by atoms with Crippen LogP contribution in [0.1, 0.15) is 36.0 Å². The van der Waals surface area contributed by atoms with Crippen LogP contribution in [-0.2, 0) is 4.74 Å². The molecule has 2 rings (SSSR count). The van der Waals surface area contributed by atoms with E-state index in [1.807, 2.05) is 6.07 Å². The highest BCUT2D eigenvalue weighted by molar-refractivity contribution is 5.98. The molecule has 1 fully saturated rings. The van der Waals surface area contributed by atoms with Crippen molar-refractivity contribution in [1.82, 2.24) is 0 Å². The Morgan fingerprint density at radius 1 is 1.32 bits per heavy atom. The van der Waals surface area contributed by atoms with Crippen LogP contribution in [0.3, 0.4) is 0 Å². The predicted octanol–water partition coefficient (Wildman–Crippen LogP) is 1.74. The molecule has 1 aromatic rings. The molecule has 5 heteroatoms. The summed E-state index contributed by atoms with van der Waals surface area (Å²) in [5, 5.41) is 3.40. The lowest BCUT2D eigenvalue weighted by Gasteiger charge is -2.28. The molecule has 0 aliphatic heterocycles. The molecule has 0 atom stereocenters. The van der Waals surface area contributed by atoms with E-state index >= 15 is 0 Å². The van der Waals surface area contributed by atoms with Gasteiger partial charge in [0.2, 0.25) is 0 Å². The number of nitrogen functional groups attached to an aromatic ring is 1. The molecular weight excluding hydrogens is 242 g/mol. The molecule has 1 aliphatic carbocycles. The average molecular weight is 263 g/mol. The van der Waals surface area contributed by atoms with Crippen LogP contribution in [-0.4, -0.2) is 25.2 Å². The van der Waals surface area contributed by atoms with Crippen molar-refractivity contribution in [2.75, 3.05) is 18.2 Å². The first-order valence-electron chi connectivity index (χ1n) is 6.60. The molecular formula is C14H21N3O2. The topological polar surface area (TPSA) is 90.4 Å². The minimum Gasteiger partial charge on any atom is -0.465 e. The monoisotopic (exact) mass is 263 g/mol. The lowest BCUT2D eigenvalue weighted by atomic mass is 9.91. The smallest absolute Gasteiger partial charge is 0.340 e. The first-order chi connectivity index (χ1) is 9.11. The Labute approximate surface area is 113 Å². The van der Waals surface area contributed by atoms with E-state index in [1.54, 1.807) is 12.1 Å². The zero-order valence-electron chi connectivity index (χ0n) is 11.2. The second kappa shape index (κ2) is 5.93. The summed E-state index contributed by atoms with van der Waals surface area (Å²) in [5.41, 5.74) is 13.6. The molecule has 1 aliphatic rings. The lowest BCUT2D eigenvalue weighted by molar-refractivity contribution is 0.0602. The molecule has 104 valence electrons. The number of methoxy groups -OCH3 is 1. The zero-order valence-corrected chi connectivity index (χ0v) is 11.2. The molecule has 1 aromatic carbocycles. The van der Waals surface area contributed by atoms with Gasteiger partial charge in [0.25, 0.3) is 0 Å². The molecule has 0 aromatic heterocycles. The van der Waals surface area contributed by atoms with Gasteiger partial charge in [0.1, 0.15) is 0 Å². The minimum atomic E-state index is -0.410. The number of benzene rings is 1. The van der Waals surface area contributed by atoms with Crippen molar-refractivity contribution >= 4 is 17.3 Å². The van der Waals surface area contributed by atoms with Gasteiger partial charge < -0.3 is 21.5 Å². The number of carbonyl (C=O) groups is 1. The van der Waals surface area contributed by atoms with E-state index in [-0.39, 0.29) is 0 Å². The number of hydrogen-bond donors (Lipinski definition) is 3. The summed E-state index contributed by atoms with van der Waals surface area (Å²) in [5.74, 6) is -0.410. The number of anilines is 2. The van der Waals surface area contributed by atoms with Crippen LogP contribution >= 0.6 is 0 Å². The number of carbonyl (C=O) groups excluding carboxylic acids is 1. The Morgan fingerprint density at radius 2 is 2.00 bits per heavy atom. The van der Waals surface area contributed by atoms with Crippen molar-refractivity contribution in [1.29, 1.82) is 0 Å². The van der Waals surface area contributed by atoms with Gasteiger partial charge in [-0.25, -0.2) is 4.79 Å². The van der Waals surface area contributed by atoms with Crippen LogP contribution in [0.25, 0.3) is 0 Å². The molecule has 0 radical (unpaired) electrons. The maximum Gasteiger partial charge on any atom is 0.340 e. The highest BCUT2D eigenvalue weighted by Gasteiger charge is 2.20. The molecule has 5 nitrogen and oxygen atoms in total. The number of ether oxygens (including phenoxy) is 1. The normalized spacial score (nSPS) is 22.8. The third kappa shape index (κ3) is 3.17. The van der Waals surface area contributed by atoms with Gasteiger partial charge in [0.05, 0.1) is 24.0 Å². The third-order valence-electron chi connectivity index (χ3n) is 3.64. The summed E-state index contributed by atoms with van der Waals surface area (Å²) >= 11 is 0. The van der Waals surface area contributed by atoms with Crippen molar-refractivity contribution in [3.05, 3.63) is 23.8 Å². The quantitative estimate of drug-likeness (QED) is 0.571. The Balaban J connectivity index is 2.10. The molecule has 1 saturated carbocycles. The van der Waals surface area contributed by atoms with Crippen LogP contribution < -0.4 is 16.8 Å². The van der Waals surface area contributed by atoms with Gasteiger partial charge in [0.15, 0.2) is 0 Å². The Kier molecular flexibility index (Phi) is 4.27. The zero-order chi connectivity index (χ0) is 13.8. The van der Waals surface area contributed by atoms with Crippen LogP contribution in [0.5, 0.6) is 0 Å². The molecule has 0 saturated heterocycles. The first-order valence-corrected chi connectivity index (χ1v) is 6.60. The lowest BCUT2D eigenvalue weighted by Crippen LogP contribution is -2.33. The van der Waals surface area contributed by atoms with Gasteiger partial charge in [-0.1, -0.05) is 6.07 Å². The van der Waals surface area contributed by atoms with Crippen molar-refractivity contribution < 1.29 is 9.53 Å². The van der Waals surface area contributed by atoms with Gasteiger partial charge in [-0.15, -0.1) is 0 Å². The summed E-state index contributed by atoms with van der Waals surface area (Å²) in [4.78, 5) is 11.6. The highest BCUT2D eigenvalue weighted by Crippen LogP contribution is 2.27. The number of nitrogens with one attached hydrogen (secondary N) is 1. The number of hydrogen-bond acceptors (Lipinski definition) is 5. The van der Waals surface area contributed by atoms with Crippen LogP contribution in [0.2, 0.25) is 0 Å². The Bertz CT molecular complexity index is 454. The summed E-state index contributed by atoms with van der Waals surface area (Å²) in [6, 6.07) is 6.05. The number of rotatable bonds is 3. The average Bonchev–Trinajstić information content (AvgIpc) is 2.43. The highest BCUT2D eigenvalue weighted by atomic mass is 16.5. The molecule has 0 bridgehead atoms. The van der Waals surface area contributed by atoms with Gasteiger partial charge in [-0.05, 0) is 37.8 Å². The van der Waals surface area contributed by atoms with Gasteiger partial charge in [-0.3, -0.25) is 0 Å². The summed E-state index contributed by atoms with van der Waals surface area (Å²) in [6.45, 7) is 0. The second-order valence-corrected chi connectivity index (χ2v) is 5.01. The standard InChI is InChI=1S/C14H21N3O2/c1-19-14(18)11-3-2-4-12(13(11)16)17-10-7-5-9(15)6-8-10/h2-4,9-10,17H,5-8,15-16H2,1H3/t9-,10+. The molecule has 0 unspecified atom stereocenters. The minimum absolute atomic E-state index is 0.316. The molecule has 0 heterocycles. The van der Waals surface area contributed by atoms with Crippen molar-refractivity contribution in [2.24, 2.45) is 5.73 Å². The maximum atomic E-state index is 11.6. The molecule has 19 heavy (non-hydrogen) atoms. The second-order valence-electron chi connectivity index (χ2n) is 5.01. The number of nitrogens with two attached hydrogens (primary N) is 2. The van der Waals surface area contributed by atoms with Gasteiger partial charge in [-0.2, -0.15) is 0 Å². The predicted molar refractivity (Wildman–Crippen MR) is 76.0 cm³/mol. The van der Waals surface area contributed by atoms with Crippen molar-refractivity contribution in [3.8, 4) is 0 Å². The fourth-order valence-electron chi connectivity index (χ4n) is 2.46. The van der Waals surface area contributed by atoms with E-state index in [4.69, 9.17) is 16.2 Å². The summed E-state index contributed by atoms with van der Waals surface area (Å²) in [6.07, 6.45) is 4.11. The fraction of sp³-hybridized carbons (Fsp3) is 0.500. The largest absolute Gasteiger partial charge is 0.465 e. The van der Waals surface area contributed by atoms with Crippen LogP contribution in [0, 0.1) is 0 Å². The maximum absolute atomic E-state index is 11.6. The third-order valence-corrected chi connectivity index (χ3v) is 3.64. The number of esters is 1. The van der Waals surface area contributed by atoms with Crippen LogP contribution in [0.4, 0.5) is 11.4 Å². The van der Waals surface area contributed by atoms with Crippen molar-refractivity contribution in [2.45, 2.75) is 37.8 Å².